The first kappa shape index (κ1) is 10.4. The highest BCUT2D eigenvalue weighted by Gasteiger charge is 2.17. The number of ether oxygens (including phenoxy) is 1. The molecule has 0 fully saturated rings. The predicted octanol–water partition coefficient (Wildman–Crippen LogP) is 2.54. The Labute approximate surface area is 65.9 Å². The Hall–Kier alpha value is 0.390. The first-order valence-corrected chi connectivity index (χ1v) is 6.13. The van der Waals surface area contributed by atoms with Crippen LogP contribution in [0.3, 0.4) is 0 Å². The molecule has 0 radical (unpaired) electrons. The summed E-state index contributed by atoms with van der Waals surface area (Å²) in [6.07, 6.45) is 1.68. The van der Waals surface area contributed by atoms with Gasteiger partial charge in [0.05, 0.1) is 6.10 Å². The van der Waals surface area contributed by atoms with Crippen molar-refractivity contribution in [2.45, 2.75) is 32.0 Å². The van der Waals surface area contributed by atoms with Crippen LogP contribution >= 0.6 is 7.92 Å². The molecule has 2 unspecified atom stereocenters. The molecule has 0 aliphatic carbocycles. The smallest absolute Gasteiger partial charge is 0.0610 e. The second-order valence-electron chi connectivity index (χ2n) is 2.88. The van der Waals surface area contributed by atoms with Crippen LogP contribution in [-0.4, -0.2) is 32.2 Å². The summed E-state index contributed by atoms with van der Waals surface area (Å²) in [4.78, 5) is 0. The van der Waals surface area contributed by atoms with Crippen molar-refractivity contribution in [1.29, 1.82) is 0 Å². The van der Waals surface area contributed by atoms with Gasteiger partial charge in [-0.15, -0.1) is 7.92 Å². The molecule has 0 aliphatic heterocycles. The average molecular weight is 162 g/mol. The maximum absolute atomic E-state index is 5.28. The van der Waals surface area contributed by atoms with Crippen molar-refractivity contribution in [1.82, 2.24) is 0 Å². The predicted molar refractivity (Wildman–Crippen MR) is 49.3 cm³/mol. The third-order valence-corrected chi connectivity index (χ3v) is 4.11. The van der Waals surface area contributed by atoms with Crippen molar-refractivity contribution >= 4 is 7.92 Å². The fourth-order valence-corrected chi connectivity index (χ4v) is 2.97. The lowest BCUT2D eigenvalue weighted by Gasteiger charge is -2.25. The molecule has 0 bridgehead atoms. The summed E-state index contributed by atoms with van der Waals surface area (Å²) in [5.41, 5.74) is 0.778. The number of hydrogen-bond acceptors (Lipinski definition) is 1. The molecular weight excluding hydrogens is 143 g/mol. The van der Waals surface area contributed by atoms with E-state index in [0.717, 1.165) is 5.66 Å². The van der Waals surface area contributed by atoms with Gasteiger partial charge in [0.2, 0.25) is 0 Å². The molecule has 0 N–H and O–H groups in total. The van der Waals surface area contributed by atoms with Crippen LogP contribution < -0.4 is 0 Å². The Kier molecular flexibility index (Phi) is 5.29. The van der Waals surface area contributed by atoms with Crippen LogP contribution in [0, 0.1) is 0 Å². The van der Waals surface area contributed by atoms with E-state index in [1.807, 2.05) is 0 Å². The van der Waals surface area contributed by atoms with Crippen LogP contribution in [0.1, 0.15) is 20.3 Å². The van der Waals surface area contributed by atoms with Crippen LogP contribution in [0.2, 0.25) is 0 Å². The van der Waals surface area contributed by atoms with Crippen molar-refractivity contribution in [3.63, 3.8) is 0 Å². The van der Waals surface area contributed by atoms with Gasteiger partial charge >= 0.3 is 0 Å². The van der Waals surface area contributed by atoms with E-state index in [9.17, 15) is 0 Å². The normalized spacial score (nSPS) is 17.4. The van der Waals surface area contributed by atoms with Gasteiger partial charge in [0.15, 0.2) is 0 Å². The van der Waals surface area contributed by atoms with Gasteiger partial charge in [-0.25, -0.2) is 0 Å². The minimum Gasteiger partial charge on any atom is -0.381 e. The van der Waals surface area contributed by atoms with Gasteiger partial charge in [-0.2, -0.15) is 0 Å². The Morgan fingerprint density at radius 3 is 2.00 bits per heavy atom. The molecule has 0 aromatic carbocycles. The van der Waals surface area contributed by atoms with E-state index in [4.69, 9.17) is 4.74 Å². The van der Waals surface area contributed by atoms with E-state index >= 15 is 0 Å². The van der Waals surface area contributed by atoms with Gasteiger partial charge in [-0.05, 0) is 26.7 Å². The molecule has 0 heterocycles. The van der Waals surface area contributed by atoms with Gasteiger partial charge in [0.1, 0.15) is 0 Å². The van der Waals surface area contributed by atoms with Crippen LogP contribution in [0.15, 0.2) is 0 Å². The second kappa shape index (κ2) is 5.09. The van der Waals surface area contributed by atoms with Crippen molar-refractivity contribution in [3.8, 4) is 0 Å². The first-order valence-electron chi connectivity index (χ1n) is 3.82. The molecule has 0 aliphatic rings. The van der Waals surface area contributed by atoms with Gasteiger partial charge in [-0.3, -0.25) is 0 Å². The highest BCUT2D eigenvalue weighted by Crippen LogP contribution is 2.37. The summed E-state index contributed by atoms with van der Waals surface area (Å²) in [6, 6.07) is 0. The third kappa shape index (κ3) is 2.98. The summed E-state index contributed by atoms with van der Waals surface area (Å²) >= 11 is 0. The molecule has 0 aromatic heterocycles. The van der Waals surface area contributed by atoms with Crippen molar-refractivity contribution in [2.75, 3.05) is 20.4 Å². The van der Waals surface area contributed by atoms with Gasteiger partial charge in [0, 0.05) is 12.8 Å². The van der Waals surface area contributed by atoms with Crippen LogP contribution in [0.25, 0.3) is 0 Å². The molecule has 1 nitrogen and oxygen atoms in total. The lowest BCUT2D eigenvalue weighted by atomic mass is 10.2. The van der Waals surface area contributed by atoms with Crippen molar-refractivity contribution in [2.24, 2.45) is 0 Å². The summed E-state index contributed by atoms with van der Waals surface area (Å²) < 4.78 is 5.28. The molecular formula is C8H19OP. The molecule has 0 saturated heterocycles. The lowest BCUT2D eigenvalue weighted by Crippen LogP contribution is -2.22. The quantitative estimate of drug-likeness (QED) is 0.577. The molecule has 0 spiro atoms. The minimum atomic E-state index is 0.166. The van der Waals surface area contributed by atoms with E-state index in [2.05, 4.69) is 27.2 Å². The molecule has 0 saturated carbocycles. The fraction of sp³-hybridized carbons (Fsp3) is 1.00. The molecule has 0 rings (SSSR count). The standard InChI is InChI=1S/C8H19OP/c1-6-8(10(4)5)7(2)9-3/h7-8H,6H2,1-5H3. The van der Waals surface area contributed by atoms with E-state index < -0.39 is 0 Å². The Balaban J connectivity index is 3.80. The topological polar surface area (TPSA) is 9.23 Å². The van der Waals surface area contributed by atoms with E-state index in [1.54, 1.807) is 7.11 Å². The molecule has 0 amide bonds. The Bertz CT molecular complexity index is 83.3. The minimum absolute atomic E-state index is 0.166. The summed E-state index contributed by atoms with van der Waals surface area (Å²) in [5.74, 6) is 0. The van der Waals surface area contributed by atoms with E-state index in [0.29, 0.717) is 6.10 Å². The van der Waals surface area contributed by atoms with E-state index in [-0.39, 0.29) is 7.92 Å². The molecule has 0 aromatic rings. The maximum Gasteiger partial charge on any atom is 0.0610 e. The number of rotatable bonds is 4. The number of hydrogen-bond donors (Lipinski definition) is 0. The van der Waals surface area contributed by atoms with Crippen molar-refractivity contribution < 1.29 is 4.74 Å². The SMILES string of the molecule is CCC(C(C)OC)P(C)C. The molecule has 2 heteroatoms. The monoisotopic (exact) mass is 162 g/mol. The highest BCUT2D eigenvalue weighted by atomic mass is 31.1. The Morgan fingerprint density at radius 2 is 1.90 bits per heavy atom. The Morgan fingerprint density at radius 1 is 1.40 bits per heavy atom. The van der Waals surface area contributed by atoms with Gasteiger partial charge < -0.3 is 4.74 Å². The van der Waals surface area contributed by atoms with Crippen LogP contribution in [0.5, 0.6) is 0 Å². The first-order chi connectivity index (χ1) is 4.63. The zero-order valence-electron chi connectivity index (χ0n) is 7.72. The van der Waals surface area contributed by atoms with Gasteiger partial charge in [0.25, 0.3) is 0 Å². The third-order valence-electron chi connectivity index (χ3n) is 2.00. The molecule has 62 valence electrons. The summed E-state index contributed by atoms with van der Waals surface area (Å²) in [5, 5.41) is 0. The van der Waals surface area contributed by atoms with E-state index in [1.165, 1.54) is 6.42 Å². The summed E-state index contributed by atoms with van der Waals surface area (Å²) in [6.45, 7) is 9.04. The average Bonchev–Trinajstić information content (AvgIpc) is 1.88. The molecule has 10 heavy (non-hydrogen) atoms. The van der Waals surface area contributed by atoms with Gasteiger partial charge in [-0.1, -0.05) is 6.92 Å². The fourth-order valence-electron chi connectivity index (χ4n) is 1.27. The second-order valence-corrected chi connectivity index (χ2v) is 5.47. The molecule has 2 atom stereocenters. The number of methoxy groups -OCH3 is 1. The van der Waals surface area contributed by atoms with Crippen LogP contribution in [-0.2, 0) is 4.74 Å². The zero-order valence-corrected chi connectivity index (χ0v) is 8.61. The summed E-state index contributed by atoms with van der Waals surface area (Å²) in [7, 11) is 1.96. The van der Waals surface area contributed by atoms with Crippen LogP contribution in [0.4, 0.5) is 0 Å². The zero-order chi connectivity index (χ0) is 8.15. The lowest BCUT2D eigenvalue weighted by molar-refractivity contribution is 0.114. The largest absolute Gasteiger partial charge is 0.381 e. The maximum atomic E-state index is 5.28. The van der Waals surface area contributed by atoms with Crippen molar-refractivity contribution in [3.05, 3.63) is 0 Å². The highest BCUT2D eigenvalue weighted by molar-refractivity contribution is 7.56.